The minimum Gasteiger partial charge on any atom is -0.315 e. The van der Waals surface area contributed by atoms with Crippen LogP contribution >= 0.6 is 11.8 Å². The van der Waals surface area contributed by atoms with E-state index < -0.39 is 4.87 Å². The highest BCUT2D eigenvalue weighted by Gasteiger charge is 2.54. The van der Waals surface area contributed by atoms with E-state index in [1.54, 1.807) is 23.9 Å². The third kappa shape index (κ3) is 1.37. The summed E-state index contributed by atoms with van der Waals surface area (Å²) < 4.78 is 13.6. The lowest BCUT2D eigenvalue weighted by Crippen LogP contribution is -2.37. The lowest BCUT2D eigenvalue weighted by Gasteiger charge is -2.32. The number of fused-ring (bicyclic) bond motifs is 3. The van der Waals surface area contributed by atoms with Crippen molar-refractivity contribution in [2.45, 2.75) is 4.87 Å². The molecule has 2 aliphatic heterocycles. The van der Waals surface area contributed by atoms with Gasteiger partial charge in [-0.15, -0.1) is 11.8 Å². The maximum Gasteiger partial charge on any atom is 0.255 e. The van der Waals surface area contributed by atoms with Gasteiger partial charge in [0, 0.05) is 23.4 Å². The average Bonchev–Trinajstić information content (AvgIpc) is 3.00. The predicted molar refractivity (Wildman–Crippen MR) is 77.1 cm³/mol. The van der Waals surface area contributed by atoms with E-state index >= 15 is 0 Å². The molecule has 1 saturated heterocycles. The number of hydrogen-bond acceptors (Lipinski definition) is 2. The third-order valence-electron chi connectivity index (χ3n) is 3.99. The predicted octanol–water partition coefficient (Wildman–Crippen LogP) is 3.23. The van der Waals surface area contributed by atoms with Crippen LogP contribution in [0.15, 0.2) is 48.5 Å². The Balaban J connectivity index is 2.01. The van der Waals surface area contributed by atoms with Crippen LogP contribution in [-0.4, -0.2) is 23.1 Å². The monoisotopic (exact) mass is 285 g/mol. The molecule has 0 radical (unpaired) electrons. The molecule has 0 aromatic heterocycles. The molecule has 0 saturated carbocycles. The van der Waals surface area contributed by atoms with Gasteiger partial charge in [0.25, 0.3) is 5.91 Å². The highest BCUT2D eigenvalue weighted by Crippen LogP contribution is 2.55. The summed E-state index contributed by atoms with van der Waals surface area (Å²) in [5, 5.41) is 0. The van der Waals surface area contributed by atoms with Gasteiger partial charge >= 0.3 is 0 Å². The van der Waals surface area contributed by atoms with E-state index in [-0.39, 0.29) is 11.7 Å². The van der Waals surface area contributed by atoms with E-state index in [1.165, 1.54) is 6.07 Å². The van der Waals surface area contributed by atoms with Crippen LogP contribution in [0.4, 0.5) is 4.39 Å². The molecule has 2 aromatic rings. The van der Waals surface area contributed by atoms with E-state index in [0.717, 1.165) is 22.4 Å². The Morgan fingerprint density at radius 1 is 1.15 bits per heavy atom. The number of carbonyl (C=O) groups excluding carboxylic acids is 1. The molecule has 1 amide bonds. The summed E-state index contributed by atoms with van der Waals surface area (Å²) in [7, 11) is 0. The van der Waals surface area contributed by atoms with Crippen LogP contribution in [0.1, 0.15) is 21.5 Å². The Kier molecular flexibility index (Phi) is 2.45. The van der Waals surface area contributed by atoms with Gasteiger partial charge in [0.15, 0.2) is 0 Å². The molecule has 0 unspecified atom stereocenters. The highest BCUT2D eigenvalue weighted by atomic mass is 32.2. The van der Waals surface area contributed by atoms with E-state index in [4.69, 9.17) is 0 Å². The van der Waals surface area contributed by atoms with Gasteiger partial charge in [0.05, 0.1) is 0 Å². The van der Waals surface area contributed by atoms with Gasteiger partial charge in [-0.1, -0.05) is 30.3 Å². The van der Waals surface area contributed by atoms with Crippen LogP contribution in [0.25, 0.3) is 0 Å². The van der Waals surface area contributed by atoms with Crippen molar-refractivity contribution in [1.29, 1.82) is 0 Å². The quantitative estimate of drug-likeness (QED) is 0.802. The van der Waals surface area contributed by atoms with Crippen molar-refractivity contribution in [2.75, 3.05) is 12.3 Å². The summed E-state index contributed by atoms with van der Waals surface area (Å²) in [4.78, 5) is 13.9. The first kappa shape index (κ1) is 12.0. The van der Waals surface area contributed by atoms with Gasteiger partial charge in [-0.2, -0.15) is 0 Å². The summed E-state index contributed by atoms with van der Waals surface area (Å²) >= 11 is 1.71. The third-order valence-corrected chi connectivity index (χ3v) is 5.47. The molecule has 2 nitrogen and oxygen atoms in total. The molecule has 100 valence electrons. The second-order valence-electron chi connectivity index (χ2n) is 5.01. The molecule has 1 fully saturated rings. The first-order chi connectivity index (χ1) is 9.73. The van der Waals surface area contributed by atoms with Crippen molar-refractivity contribution >= 4 is 17.7 Å². The number of amides is 1. The van der Waals surface area contributed by atoms with Crippen LogP contribution < -0.4 is 0 Å². The number of thioether (sulfide) groups is 1. The van der Waals surface area contributed by atoms with Gasteiger partial charge in [-0.05, 0) is 23.8 Å². The van der Waals surface area contributed by atoms with Crippen LogP contribution in [-0.2, 0) is 4.87 Å². The second kappa shape index (κ2) is 4.09. The first-order valence-corrected chi connectivity index (χ1v) is 7.53. The zero-order valence-electron chi connectivity index (χ0n) is 10.7. The molecule has 0 aliphatic carbocycles. The highest BCUT2D eigenvalue weighted by molar-refractivity contribution is 8.00. The average molecular weight is 285 g/mol. The van der Waals surface area contributed by atoms with E-state index in [9.17, 15) is 9.18 Å². The summed E-state index contributed by atoms with van der Waals surface area (Å²) in [6.45, 7) is 0.703. The zero-order valence-corrected chi connectivity index (χ0v) is 11.5. The Morgan fingerprint density at radius 3 is 2.85 bits per heavy atom. The number of halogens is 1. The number of nitrogens with zero attached hydrogens (tertiary/aromatic N) is 1. The minimum atomic E-state index is -0.546. The summed E-state index contributed by atoms with van der Waals surface area (Å²) in [5.41, 5.74) is 2.57. The van der Waals surface area contributed by atoms with E-state index in [1.807, 2.05) is 35.2 Å². The Hall–Kier alpha value is -1.81. The molecule has 1 atom stereocenters. The molecule has 2 aromatic carbocycles. The van der Waals surface area contributed by atoms with Gasteiger partial charge in [0.1, 0.15) is 10.7 Å². The van der Waals surface area contributed by atoms with Gasteiger partial charge in [-0.25, -0.2) is 4.39 Å². The number of rotatable bonds is 1. The maximum absolute atomic E-state index is 13.6. The van der Waals surface area contributed by atoms with Crippen LogP contribution in [0.2, 0.25) is 0 Å². The first-order valence-electron chi connectivity index (χ1n) is 6.55. The lowest BCUT2D eigenvalue weighted by molar-refractivity contribution is 0.0752. The molecule has 2 heterocycles. The molecule has 20 heavy (non-hydrogen) atoms. The van der Waals surface area contributed by atoms with Crippen molar-refractivity contribution in [1.82, 2.24) is 4.90 Å². The van der Waals surface area contributed by atoms with Crippen molar-refractivity contribution in [3.05, 3.63) is 71.0 Å². The van der Waals surface area contributed by atoms with Crippen LogP contribution in [0, 0.1) is 5.82 Å². The summed E-state index contributed by atoms with van der Waals surface area (Å²) in [6, 6.07) is 14.3. The van der Waals surface area contributed by atoms with Crippen molar-refractivity contribution in [3.63, 3.8) is 0 Å². The molecular formula is C16H12FNOS. The van der Waals surface area contributed by atoms with Crippen LogP contribution in [0.5, 0.6) is 0 Å². The van der Waals surface area contributed by atoms with E-state index in [0.29, 0.717) is 6.54 Å². The topological polar surface area (TPSA) is 20.3 Å². The largest absolute Gasteiger partial charge is 0.315 e. The lowest BCUT2D eigenvalue weighted by atomic mass is 9.97. The molecule has 0 bridgehead atoms. The summed E-state index contributed by atoms with van der Waals surface area (Å²) in [5.74, 6) is 0.660. The summed E-state index contributed by atoms with van der Waals surface area (Å²) in [6.07, 6.45) is 0. The van der Waals surface area contributed by atoms with Gasteiger partial charge < -0.3 is 4.90 Å². The van der Waals surface area contributed by atoms with Crippen molar-refractivity contribution in [2.24, 2.45) is 0 Å². The fourth-order valence-electron chi connectivity index (χ4n) is 3.19. The molecule has 0 spiro atoms. The van der Waals surface area contributed by atoms with Crippen molar-refractivity contribution < 1.29 is 9.18 Å². The fourth-order valence-corrected chi connectivity index (χ4v) is 4.72. The minimum absolute atomic E-state index is 0.0508. The standard InChI is InChI=1S/C16H12FNOS/c17-12-5-3-4-11(10-12)16-14-7-2-1-6-13(14)15(19)18(16)8-9-20-16/h1-7,10H,8-9H2/t16-/m0/s1. The van der Waals surface area contributed by atoms with Crippen molar-refractivity contribution in [3.8, 4) is 0 Å². The Morgan fingerprint density at radius 2 is 2.00 bits per heavy atom. The Labute approximate surface area is 120 Å². The maximum atomic E-state index is 13.6. The van der Waals surface area contributed by atoms with E-state index in [2.05, 4.69) is 0 Å². The zero-order chi connectivity index (χ0) is 13.7. The molecule has 2 aliphatic rings. The normalized spacial score (nSPS) is 23.9. The SMILES string of the molecule is O=C1c2ccccc2[C@]2(c3cccc(F)c3)SCCN12. The Bertz CT molecular complexity index is 717. The van der Waals surface area contributed by atoms with Crippen LogP contribution in [0.3, 0.4) is 0 Å². The van der Waals surface area contributed by atoms with Gasteiger partial charge in [-0.3, -0.25) is 4.79 Å². The number of benzene rings is 2. The molecule has 4 heteroatoms. The second-order valence-corrected chi connectivity index (χ2v) is 6.29. The fraction of sp³-hybridized carbons (Fsp3) is 0.188. The molecule has 0 N–H and O–H groups in total. The molecule has 4 rings (SSSR count). The van der Waals surface area contributed by atoms with Gasteiger partial charge in [0.2, 0.25) is 0 Å². The number of hydrogen-bond donors (Lipinski definition) is 0. The molecular weight excluding hydrogens is 273 g/mol. The number of carbonyl (C=O) groups is 1. The smallest absolute Gasteiger partial charge is 0.255 e.